The Kier molecular flexibility index (Phi) is 6.03. The van der Waals surface area contributed by atoms with E-state index in [-0.39, 0.29) is 5.41 Å². The lowest BCUT2D eigenvalue weighted by Gasteiger charge is -2.32. The highest BCUT2D eigenvalue weighted by atomic mass is 32.2. The fraction of sp³-hybridized carbons (Fsp3) is 0.933. The lowest BCUT2D eigenvalue weighted by atomic mass is 9.85. The first-order valence-electron chi connectivity index (χ1n) is 7.30. The Balaban J connectivity index is 2.53. The molecular formula is C15H30N2S. The molecule has 0 aliphatic carbocycles. The van der Waals surface area contributed by atoms with Crippen LogP contribution in [0, 0.1) is 11.3 Å². The number of amidine groups is 1. The zero-order valence-electron chi connectivity index (χ0n) is 12.9. The van der Waals surface area contributed by atoms with Gasteiger partial charge in [0.05, 0.1) is 6.04 Å². The molecule has 1 heterocycles. The standard InChI is InChI=1S/C15H30N2S/c1-7-11(2)10-12(3)16-14-17-13(8-9-18-14)15(4,5)6/h11-13H,7-10H2,1-6H3,(H,16,17). The van der Waals surface area contributed by atoms with E-state index in [9.17, 15) is 0 Å². The van der Waals surface area contributed by atoms with Gasteiger partial charge >= 0.3 is 0 Å². The van der Waals surface area contributed by atoms with Gasteiger partial charge in [-0.2, -0.15) is 0 Å². The topological polar surface area (TPSA) is 24.4 Å². The predicted octanol–water partition coefficient (Wildman–Crippen LogP) is 4.31. The molecule has 0 saturated heterocycles. The molecule has 18 heavy (non-hydrogen) atoms. The Labute approximate surface area is 117 Å². The molecular weight excluding hydrogens is 240 g/mol. The van der Waals surface area contributed by atoms with Crippen LogP contribution in [-0.4, -0.2) is 23.0 Å². The first-order chi connectivity index (χ1) is 8.32. The van der Waals surface area contributed by atoms with Crippen molar-refractivity contribution >= 4 is 16.9 Å². The largest absolute Gasteiger partial charge is 0.362 e. The Hall–Kier alpha value is -0.180. The molecule has 0 aromatic carbocycles. The van der Waals surface area contributed by atoms with Crippen molar-refractivity contribution in [3.63, 3.8) is 0 Å². The van der Waals surface area contributed by atoms with Gasteiger partial charge in [0.2, 0.25) is 0 Å². The van der Waals surface area contributed by atoms with Crippen molar-refractivity contribution in [1.82, 2.24) is 5.32 Å². The summed E-state index contributed by atoms with van der Waals surface area (Å²) < 4.78 is 0. The number of nitrogens with zero attached hydrogens (tertiary/aromatic N) is 1. The second-order valence-electron chi connectivity index (χ2n) is 6.75. The summed E-state index contributed by atoms with van der Waals surface area (Å²) in [5, 5.41) is 4.76. The number of hydrogen-bond donors (Lipinski definition) is 1. The van der Waals surface area contributed by atoms with E-state index in [4.69, 9.17) is 4.99 Å². The van der Waals surface area contributed by atoms with Crippen molar-refractivity contribution < 1.29 is 0 Å². The monoisotopic (exact) mass is 270 g/mol. The summed E-state index contributed by atoms with van der Waals surface area (Å²) in [5.41, 5.74) is 0.286. The summed E-state index contributed by atoms with van der Waals surface area (Å²) in [6.45, 7) is 13.7. The molecule has 2 nitrogen and oxygen atoms in total. The molecule has 1 aliphatic rings. The molecule has 3 heteroatoms. The molecule has 3 atom stereocenters. The predicted molar refractivity (Wildman–Crippen MR) is 84.4 cm³/mol. The molecule has 0 radical (unpaired) electrons. The average Bonchev–Trinajstić information content (AvgIpc) is 2.27. The Morgan fingerprint density at radius 1 is 1.39 bits per heavy atom. The van der Waals surface area contributed by atoms with Gasteiger partial charge in [-0.25, -0.2) is 0 Å². The van der Waals surface area contributed by atoms with E-state index in [0.717, 1.165) is 11.1 Å². The highest BCUT2D eigenvalue weighted by molar-refractivity contribution is 8.13. The van der Waals surface area contributed by atoms with Crippen molar-refractivity contribution in [2.75, 3.05) is 5.75 Å². The Morgan fingerprint density at radius 2 is 2.06 bits per heavy atom. The Morgan fingerprint density at radius 3 is 2.61 bits per heavy atom. The van der Waals surface area contributed by atoms with Crippen LogP contribution in [0.3, 0.4) is 0 Å². The molecule has 1 rings (SSSR count). The van der Waals surface area contributed by atoms with Gasteiger partial charge < -0.3 is 5.32 Å². The van der Waals surface area contributed by atoms with Gasteiger partial charge in [-0.3, -0.25) is 4.99 Å². The normalized spacial score (nSPS) is 24.3. The molecule has 3 unspecified atom stereocenters. The zero-order valence-corrected chi connectivity index (χ0v) is 13.7. The highest BCUT2D eigenvalue weighted by Crippen LogP contribution is 2.30. The van der Waals surface area contributed by atoms with E-state index in [1.807, 2.05) is 11.8 Å². The molecule has 1 N–H and O–H groups in total. The molecule has 0 amide bonds. The number of thioether (sulfide) groups is 1. The summed E-state index contributed by atoms with van der Waals surface area (Å²) in [7, 11) is 0. The second-order valence-corrected chi connectivity index (χ2v) is 7.83. The maximum absolute atomic E-state index is 4.89. The summed E-state index contributed by atoms with van der Waals surface area (Å²) in [5.74, 6) is 1.99. The smallest absolute Gasteiger partial charge is 0.157 e. The quantitative estimate of drug-likeness (QED) is 0.823. The van der Waals surface area contributed by atoms with Gasteiger partial charge in [-0.05, 0) is 31.1 Å². The van der Waals surface area contributed by atoms with Crippen molar-refractivity contribution in [3.8, 4) is 0 Å². The van der Waals surface area contributed by atoms with Crippen LogP contribution in [0.15, 0.2) is 4.99 Å². The molecule has 1 aliphatic heterocycles. The van der Waals surface area contributed by atoms with Crippen LogP contribution in [0.5, 0.6) is 0 Å². The van der Waals surface area contributed by atoms with Crippen molar-refractivity contribution in [2.45, 2.75) is 72.9 Å². The minimum Gasteiger partial charge on any atom is -0.362 e. The molecule has 0 aromatic heterocycles. The molecule has 0 fully saturated rings. The van der Waals surface area contributed by atoms with Crippen LogP contribution in [0.1, 0.15) is 60.8 Å². The third-order valence-corrected chi connectivity index (χ3v) is 4.66. The van der Waals surface area contributed by atoms with Crippen LogP contribution in [0.4, 0.5) is 0 Å². The molecule has 0 aromatic rings. The van der Waals surface area contributed by atoms with E-state index < -0.39 is 0 Å². The highest BCUT2D eigenvalue weighted by Gasteiger charge is 2.27. The lowest BCUT2D eigenvalue weighted by Crippen LogP contribution is -2.37. The molecule has 0 saturated carbocycles. The van der Waals surface area contributed by atoms with E-state index in [2.05, 4.69) is 46.9 Å². The number of aliphatic imine (C=N–C) groups is 1. The summed E-state index contributed by atoms with van der Waals surface area (Å²) in [6, 6.07) is 1.00. The van der Waals surface area contributed by atoms with Gasteiger partial charge in [0.15, 0.2) is 5.17 Å². The van der Waals surface area contributed by atoms with Gasteiger partial charge in [0.1, 0.15) is 0 Å². The minimum atomic E-state index is 0.286. The van der Waals surface area contributed by atoms with E-state index in [1.165, 1.54) is 25.0 Å². The van der Waals surface area contributed by atoms with Crippen LogP contribution < -0.4 is 5.32 Å². The maximum atomic E-state index is 4.89. The molecule has 0 bridgehead atoms. The lowest BCUT2D eigenvalue weighted by molar-refractivity contribution is 0.315. The Bertz CT molecular complexity index is 281. The van der Waals surface area contributed by atoms with Crippen LogP contribution >= 0.6 is 11.8 Å². The maximum Gasteiger partial charge on any atom is 0.157 e. The van der Waals surface area contributed by atoms with Gasteiger partial charge in [-0.1, -0.05) is 52.8 Å². The van der Waals surface area contributed by atoms with E-state index >= 15 is 0 Å². The number of hydrogen-bond acceptors (Lipinski definition) is 3. The fourth-order valence-electron chi connectivity index (χ4n) is 2.26. The van der Waals surface area contributed by atoms with Crippen LogP contribution in [0.2, 0.25) is 0 Å². The van der Waals surface area contributed by atoms with Crippen molar-refractivity contribution in [1.29, 1.82) is 0 Å². The van der Waals surface area contributed by atoms with Crippen LogP contribution in [0.25, 0.3) is 0 Å². The van der Waals surface area contributed by atoms with E-state index in [0.29, 0.717) is 12.1 Å². The van der Waals surface area contributed by atoms with E-state index in [1.54, 1.807) is 0 Å². The first kappa shape index (κ1) is 15.9. The third kappa shape index (κ3) is 5.21. The summed E-state index contributed by atoms with van der Waals surface area (Å²) in [4.78, 5) is 4.89. The van der Waals surface area contributed by atoms with Crippen molar-refractivity contribution in [3.05, 3.63) is 0 Å². The van der Waals surface area contributed by atoms with Crippen LogP contribution in [-0.2, 0) is 0 Å². The van der Waals surface area contributed by atoms with Gasteiger partial charge in [0.25, 0.3) is 0 Å². The summed E-state index contributed by atoms with van der Waals surface area (Å²) in [6.07, 6.45) is 3.70. The SMILES string of the molecule is CCC(C)CC(C)NC1=NC(C(C)(C)C)CCS1. The number of nitrogens with one attached hydrogen (secondary N) is 1. The minimum absolute atomic E-state index is 0.286. The second kappa shape index (κ2) is 6.83. The fourth-order valence-corrected chi connectivity index (χ4v) is 3.28. The third-order valence-electron chi connectivity index (χ3n) is 3.73. The summed E-state index contributed by atoms with van der Waals surface area (Å²) >= 11 is 1.88. The average molecular weight is 270 g/mol. The zero-order chi connectivity index (χ0) is 13.8. The number of rotatable bonds is 4. The van der Waals surface area contributed by atoms with Crippen molar-refractivity contribution in [2.24, 2.45) is 16.3 Å². The van der Waals surface area contributed by atoms with Gasteiger partial charge in [0, 0.05) is 11.8 Å². The first-order valence-corrected chi connectivity index (χ1v) is 8.28. The van der Waals surface area contributed by atoms with Gasteiger partial charge in [-0.15, -0.1) is 0 Å². The molecule has 106 valence electrons. The molecule has 0 spiro atoms.